The Bertz CT molecular complexity index is 509. The molecule has 2 rings (SSSR count). The van der Waals surface area contributed by atoms with Gasteiger partial charge in [-0.05, 0) is 12.0 Å². The summed E-state index contributed by atoms with van der Waals surface area (Å²) in [6.07, 6.45) is 1.82. The molecule has 1 aromatic carbocycles. The van der Waals surface area contributed by atoms with Gasteiger partial charge in [-0.25, -0.2) is 8.78 Å². The molecule has 1 aromatic heterocycles. The molecule has 1 nitrogen and oxygen atoms in total. The number of hydrogen-bond donors (Lipinski definition) is 0. The summed E-state index contributed by atoms with van der Waals surface area (Å²) in [5.74, 6) is -1.28. The van der Waals surface area contributed by atoms with Crippen LogP contribution in [0.2, 0.25) is 0 Å². The molecule has 0 radical (unpaired) electrons. The van der Waals surface area contributed by atoms with Gasteiger partial charge in [0.25, 0.3) is 0 Å². The molecule has 0 N–H and O–H groups in total. The maximum atomic E-state index is 13.5. The van der Waals surface area contributed by atoms with E-state index < -0.39 is 11.6 Å². The van der Waals surface area contributed by atoms with Crippen LogP contribution in [0.25, 0.3) is 11.3 Å². The molecule has 3 heteroatoms. The van der Waals surface area contributed by atoms with Crippen molar-refractivity contribution >= 4 is 0 Å². The van der Waals surface area contributed by atoms with Crippen LogP contribution >= 0.6 is 0 Å². The van der Waals surface area contributed by atoms with E-state index in [0.29, 0.717) is 0 Å². The van der Waals surface area contributed by atoms with Gasteiger partial charge in [-0.2, -0.15) is 0 Å². The van der Waals surface area contributed by atoms with Gasteiger partial charge in [0.05, 0.1) is 6.20 Å². The van der Waals surface area contributed by atoms with Crippen LogP contribution < -0.4 is 0 Å². The Labute approximate surface area is 92.8 Å². The summed E-state index contributed by atoms with van der Waals surface area (Å²) in [7, 11) is 0. The minimum absolute atomic E-state index is 0.207. The molecule has 16 heavy (non-hydrogen) atoms. The molecule has 1 heterocycles. The fourth-order valence-electron chi connectivity index (χ4n) is 1.67. The second-order valence-electron chi connectivity index (χ2n) is 3.49. The number of benzene rings is 1. The first-order valence-corrected chi connectivity index (χ1v) is 5.11. The number of nitrogens with zero attached hydrogens (tertiary/aromatic N) is 1. The van der Waals surface area contributed by atoms with Crippen molar-refractivity contribution in [2.45, 2.75) is 13.3 Å². The average Bonchev–Trinajstić information content (AvgIpc) is 2.29. The first-order valence-electron chi connectivity index (χ1n) is 5.11. The van der Waals surface area contributed by atoms with E-state index in [-0.39, 0.29) is 5.69 Å². The molecule has 0 aliphatic rings. The second kappa shape index (κ2) is 4.39. The van der Waals surface area contributed by atoms with Crippen LogP contribution in [0.3, 0.4) is 0 Å². The van der Waals surface area contributed by atoms with E-state index in [4.69, 9.17) is 0 Å². The smallest absolute Gasteiger partial charge is 0.152 e. The molecule has 0 saturated carbocycles. The molecular weight excluding hydrogens is 208 g/mol. The Hall–Kier alpha value is -1.77. The van der Waals surface area contributed by atoms with E-state index >= 15 is 0 Å². The Morgan fingerprint density at radius 1 is 1.19 bits per heavy atom. The maximum Gasteiger partial charge on any atom is 0.152 e. The lowest BCUT2D eigenvalue weighted by Crippen LogP contribution is -1.94. The van der Waals surface area contributed by atoms with E-state index in [1.165, 1.54) is 0 Å². The van der Waals surface area contributed by atoms with Gasteiger partial charge in [-0.3, -0.25) is 4.98 Å². The van der Waals surface area contributed by atoms with Crippen molar-refractivity contribution in [1.29, 1.82) is 0 Å². The van der Waals surface area contributed by atoms with Crippen molar-refractivity contribution in [1.82, 2.24) is 4.98 Å². The summed E-state index contributed by atoms with van der Waals surface area (Å²) >= 11 is 0. The minimum atomic E-state index is -0.657. The SMILES string of the molecule is CCc1ccccc1-c1ncc(F)cc1F. The summed E-state index contributed by atoms with van der Waals surface area (Å²) < 4.78 is 26.3. The molecule has 82 valence electrons. The summed E-state index contributed by atoms with van der Waals surface area (Å²) in [5.41, 5.74) is 1.93. The molecule has 0 fully saturated rings. The summed E-state index contributed by atoms with van der Waals surface area (Å²) in [5, 5.41) is 0. The van der Waals surface area contributed by atoms with Crippen LogP contribution in [-0.2, 0) is 6.42 Å². The number of rotatable bonds is 2. The molecular formula is C13H11F2N. The van der Waals surface area contributed by atoms with E-state index in [2.05, 4.69) is 4.98 Å². The summed E-state index contributed by atoms with van der Waals surface area (Å²) in [6.45, 7) is 1.99. The third-order valence-electron chi connectivity index (χ3n) is 2.46. The number of aromatic nitrogens is 1. The van der Waals surface area contributed by atoms with Gasteiger partial charge in [0.2, 0.25) is 0 Å². The van der Waals surface area contributed by atoms with Gasteiger partial charge in [0.1, 0.15) is 11.5 Å². The Balaban J connectivity index is 2.58. The molecule has 0 bridgehead atoms. The van der Waals surface area contributed by atoms with Crippen LogP contribution in [0, 0.1) is 11.6 Å². The molecule has 0 amide bonds. The van der Waals surface area contributed by atoms with Crippen molar-refractivity contribution < 1.29 is 8.78 Å². The second-order valence-corrected chi connectivity index (χ2v) is 3.49. The highest BCUT2D eigenvalue weighted by molar-refractivity contribution is 5.64. The number of pyridine rings is 1. The highest BCUT2D eigenvalue weighted by Gasteiger charge is 2.10. The third-order valence-corrected chi connectivity index (χ3v) is 2.46. The summed E-state index contributed by atoms with van der Waals surface area (Å²) in [6, 6.07) is 8.28. The van der Waals surface area contributed by atoms with E-state index in [9.17, 15) is 8.78 Å². The number of halogens is 2. The lowest BCUT2D eigenvalue weighted by molar-refractivity contribution is 0.576. The predicted octanol–water partition coefficient (Wildman–Crippen LogP) is 3.59. The minimum Gasteiger partial charge on any atom is -0.250 e. The zero-order valence-electron chi connectivity index (χ0n) is 8.87. The molecule has 0 spiro atoms. The lowest BCUT2D eigenvalue weighted by Gasteiger charge is -2.07. The third kappa shape index (κ3) is 1.94. The van der Waals surface area contributed by atoms with Crippen LogP contribution in [0.4, 0.5) is 8.78 Å². The average molecular weight is 219 g/mol. The van der Waals surface area contributed by atoms with Crippen molar-refractivity contribution in [2.24, 2.45) is 0 Å². The quantitative estimate of drug-likeness (QED) is 0.752. The zero-order valence-corrected chi connectivity index (χ0v) is 8.87. The highest BCUT2D eigenvalue weighted by Crippen LogP contribution is 2.24. The zero-order chi connectivity index (χ0) is 11.5. The van der Waals surface area contributed by atoms with Crippen molar-refractivity contribution in [3.8, 4) is 11.3 Å². The molecule has 0 unspecified atom stereocenters. The highest BCUT2D eigenvalue weighted by atomic mass is 19.1. The fourth-order valence-corrected chi connectivity index (χ4v) is 1.67. The molecule has 0 saturated heterocycles. The predicted molar refractivity (Wildman–Crippen MR) is 59.0 cm³/mol. The van der Waals surface area contributed by atoms with Gasteiger partial charge < -0.3 is 0 Å². The first-order chi connectivity index (χ1) is 7.72. The Morgan fingerprint density at radius 3 is 2.62 bits per heavy atom. The Morgan fingerprint density at radius 2 is 1.94 bits per heavy atom. The van der Waals surface area contributed by atoms with Crippen molar-refractivity contribution in [3.63, 3.8) is 0 Å². The topological polar surface area (TPSA) is 12.9 Å². The summed E-state index contributed by atoms with van der Waals surface area (Å²) in [4.78, 5) is 3.81. The van der Waals surface area contributed by atoms with E-state index in [1.807, 2.05) is 25.1 Å². The Kier molecular flexibility index (Phi) is 2.95. The van der Waals surface area contributed by atoms with Gasteiger partial charge in [-0.1, -0.05) is 31.2 Å². The fraction of sp³-hybridized carbons (Fsp3) is 0.154. The van der Waals surface area contributed by atoms with Gasteiger partial charge in [0, 0.05) is 11.6 Å². The van der Waals surface area contributed by atoms with Crippen LogP contribution in [-0.4, -0.2) is 4.98 Å². The lowest BCUT2D eigenvalue weighted by atomic mass is 10.0. The standard InChI is InChI=1S/C13H11F2N/c1-2-9-5-3-4-6-11(9)13-12(15)7-10(14)8-16-13/h3-8H,2H2,1H3. The molecule has 0 aliphatic carbocycles. The van der Waals surface area contributed by atoms with Gasteiger partial charge in [0.15, 0.2) is 5.82 Å². The van der Waals surface area contributed by atoms with Crippen molar-refractivity contribution in [2.75, 3.05) is 0 Å². The number of aryl methyl sites for hydroxylation is 1. The number of hydrogen-bond acceptors (Lipinski definition) is 1. The monoisotopic (exact) mass is 219 g/mol. The van der Waals surface area contributed by atoms with Gasteiger partial charge >= 0.3 is 0 Å². The van der Waals surface area contributed by atoms with Crippen LogP contribution in [0.5, 0.6) is 0 Å². The van der Waals surface area contributed by atoms with Crippen LogP contribution in [0.1, 0.15) is 12.5 Å². The van der Waals surface area contributed by atoms with E-state index in [0.717, 1.165) is 29.8 Å². The molecule has 0 atom stereocenters. The maximum absolute atomic E-state index is 13.5. The van der Waals surface area contributed by atoms with Crippen LogP contribution in [0.15, 0.2) is 36.5 Å². The van der Waals surface area contributed by atoms with Crippen molar-refractivity contribution in [3.05, 3.63) is 53.7 Å². The first kappa shape index (κ1) is 10.7. The van der Waals surface area contributed by atoms with E-state index in [1.54, 1.807) is 6.07 Å². The molecule has 2 aromatic rings. The van der Waals surface area contributed by atoms with Gasteiger partial charge in [-0.15, -0.1) is 0 Å². The largest absolute Gasteiger partial charge is 0.250 e. The molecule has 0 aliphatic heterocycles. The normalized spacial score (nSPS) is 10.4.